The minimum atomic E-state index is -0.923. The van der Waals surface area contributed by atoms with Gasteiger partial charge in [-0.2, -0.15) is 0 Å². The fraction of sp³-hybridized carbons (Fsp3) is 0.639. The number of phenolic OH excluding ortho intramolecular Hbond substituents is 1. The van der Waals surface area contributed by atoms with Crippen molar-refractivity contribution < 1.29 is 56.0 Å². The van der Waals surface area contributed by atoms with Crippen molar-refractivity contribution in [3.8, 4) is 11.5 Å². The van der Waals surface area contributed by atoms with Crippen LogP contribution in [-0.4, -0.2) is 111 Å². The van der Waals surface area contributed by atoms with Crippen molar-refractivity contribution in [3.63, 3.8) is 0 Å². The molecule has 2 aromatic rings. The van der Waals surface area contributed by atoms with Gasteiger partial charge in [0.05, 0.1) is 57.9 Å². The van der Waals surface area contributed by atoms with Crippen LogP contribution in [0.1, 0.15) is 55.8 Å². The number of ether oxygens (including phenoxy) is 4. The second-order valence-electron chi connectivity index (χ2n) is 13.8. The third-order valence-corrected chi connectivity index (χ3v) is 10.8. The SMILES string of the molecule is O=C1COc2c(cc(O)cc2[C@@H](O)CNCCOCCOCC[N+]23CCC(CC2)[C@@H](OC[C@@](O)(c2ccccc2)C2CCCC2)C3)N1.[Cl-]. The molecule has 4 aliphatic heterocycles. The minimum absolute atomic E-state index is 0. The van der Waals surface area contributed by atoms with Gasteiger partial charge in [0.2, 0.25) is 0 Å². The highest BCUT2D eigenvalue weighted by molar-refractivity contribution is 5.96. The number of carbonyl (C=O) groups excluding carboxylic acids is 1. The number of aliphatic hydroxyl groups is 2. The van der Waals surface area contributed by atoms with E-state index in [1.165, 1.54) is 50.9 Å². The molecule has 2 aromatic carbocycles. The first-order chi connectivity index (χ1) is 22.9. The number of hydrogen-bond acceptors (Lipinski definition) is 9. The molecule has 48 heavy (non-hydrogen) atoms. The number of anilines is 1. The molecule has 3 saturated heterocycles. The molecule has 0 radical (unpaired) electrons. The summed E-state index contributed by atoms with van der Waals surface area (Å²) >= 11 is 0. The van der Waals surface area contributed by atoms with Gasteiger partial charge < -0.3 is 61.8 Å². The minimum Gasteiger partial charge on any atom is -1.00 e. The Morgan fingerprint density at radius 1 is 1.02 bits per heavy atom. The number of rotatable bonds is 17. The van der Waals surface area contributed by atoms with E-state index in [0.29, 0.717) is 62.5 Å². The lowest BCUT2D eigenvalue weighted by Gasteiger charge is -2.52. The van der Waals surface area contributed by atoms with Gasteiger partial charge >= 0.3 is 0 Å². The van der Waals surface area contributed by atoms with Gasteiger partial charge in [0.15, 0.2) is 6.61 Å². The van der Waals surface area contributed by atoms with Crippen LogP contribution in [0.2, 0.25) is 0 Å². The first kappa shape index (κ1) is 36.8. The number of benzene rings is 2. The highest BCUT2D eigenvalue weighted by Gasteiger charge is 2.48. The van der Waals surface area contributed by atoms with E-state index >= 15 is 0 Å². The van der Waals surface area contributed by atoms with Gasteiger partial charge in [0.1, 0.15) is 36.3 Å². The number of nitrogens with one attached hydrogen (secondary N) is 2. The molecule has 0 aromatic heterocycles. The quantitative estimate of drug-likeness (QED) is 0.116. The van der Waals surface area contributed by atoms with Gasteiger partial charge in [-0.25, -0.2) is 0 Å². The van der Waals surface area contributed by atoms with Gasteiger partial charge in [-0.1, -0.05) is 43.2 Å². The number of fused-ring (bicyclic) bond motifs is 4. The predicted octanol–water partition coefficient (Wildman–Crippen LogP) is 0.0869. The Morgan fingerprint density at radius 2 is 1.75 bits per heavy atom. The molecule has 4 fully saturated rings. The molecule has 0 unspecified atom stereocenters. The number of carbonyl (C=O) groups is 1. The number of piperidine rings is 3. The number of amides is 1. The van der Waals surface area contributed by atoms with Crippen LogP contribution in [-0.2, 0) is 24.6 Å². The lowest BCUT2D eigenvalue weighted by Crippen LogP contribution is -3.00. The largest absolute Gasteiger partial charge is 1.00 e. The van der Waals surface area contributed by atoms with E-state index in [9.17, 15) is 20.1 Å². The number of nitrogens with zero attached hydrogens (tertiary/aromatic N) is 1. The molecule has 5 N–H and O–H groups in total. The molecule has 7 rings (SSSR count). The number of aromatic hydroxyl groups is 1. The Labute approximate surface area is 289 Å². The van der Waals surface area contributed by atoms with Crippen LogP contribution in [0.5, 0.6) is 11.5 Å². The summed E-state index contributed by atoms with van der Waals surface area (Å²) in [5.74, 6) is 0.848. The Kier molecular flexibility index (Phi) is 13.0. The van der Waals surface area contributed by atoms with Crippen LogP contribution < -0.4 is 27.8 Å². The fourth-order valence-electron chi connectivity index (χ4n) is 8.06. The third kappa shape index (κ3) is 8.81. The highest BCUT2D eigenvalue weighted by atomic mass is 35.5. The predicted molar refractivity (Wildman–Crippen MR) is 176 cm³/mol. The lowest BCUT2D eigenvalue weighted by molar-refractivity contribution is -0.946. The molecular formula is C36H52ClN3O8. The summed E-state index contributed by atoms with van der Waals surface area (Å²) in [5, 5.41) is 38.4. The zero-order valence-corrected chi connectivity index (χ0v) is 28.5. The summed E-state index contributed by atoms with van der Waals surface area (Å²) in [6, 6.07) is 13.0. The second kappa shape index (κ2) is 17.0. The standard InChI is InChI=1S/C36H51N3O8.ClH/c40-29-20-30(35-31(21-29)38-34(42)24-46-35)32(41)22-37-12-16-44-18-19-45-17-15-39-13-10-26(11-14-39)33(23-39)47-25-36(43,28-8-4-5-9-28)27-6-2-1-3-7-27;/h1-3,6-7,20-21,26,28,32-33,37,41,43H,4-5,8-19,22-25H2,(H-,38,40,42);1H/t26?,32-,33-,36+,39?;/m0./s1. The van der Waals surface area contributed by atoms with Gasteiger partial charge in [-0.15, -0.1) is 0 Å². The van der Waals surface area contributed by atoms with Gasteiger partial charge in [-0.3, -0.25) is 4.79 Å². The Morgan fingerprint density at radius 3 is 2.50 bits per heavy atom. The van der Waals surface area contributed by atoms with Crippen LogP contribution in [0.15, 0.2) is 42.5 Å². The lowest BCUT2D eigenvalue weighted by atomic mass is 9.80. The van der Waals surface area contributed by atoms with E-state index in [2.05, 4.69) is 22.8 Å². The Balaban J connectivity index is 0.00000451. The van der Waals surface area contributed by atoms with E-state index in [0.717, 1.165) is 36.0 Å². The summed E-state index contributed by atoms with van der Waals surface area (Å²) in [6.45, 7) is 7.47. The van der Waals surface area contributed by atoms with Crippen LogP contribution in [0.3, 0.4) is 0 Å². The number of aliphatic hydroxyl groups excluding tert-OH is 1. The average Bonchev–Trinajstić information content (AvgIpc) is 3.64. The molecule has 1 saturated carbocycles. The van der Waals surface area contributed by atoms with E-state index in [-0.39, 0.29) is 49.2 Å². The molecule has 266 valence electrons. The van der Waals surface area contributed by atoms with Crippen LogP contribution in [0.25, 0.3) is 0 Å². The number of quaternary nitrogens is 1. The van der Waals surface area contributed by atoms with Crippen molar-refractivity contribution >= 4 is 11.6 Å². The van der Waals surface area contributed by atoms with Crippen molar-refractivity contribution in [2.75, 3.05) is 84.2 Å². The number of phenols is 1. The third-order valence-electron chi connectivity index (χ3n) is 10.8. The Hall–Kier alpha value is -2.48. The fourth-order valence-corrected chi connectivity index (χ4v) is 8.06. The van der Waals surface area contributed by atoms with Crippen LogP contribution >= 0.6 is 0 Å². The zero-order valence-electron chi connectivity index (χ0n) is 27.8. The van der Waals surface area contributed by atoms with Gasteiger partial charge in [0, 0.05) is 43.5 Å². The summed E-state index contributed by atoms with van der Waals surface area (Å²) < 4.78 is 24.9. The smallest absolute Gasteiger partial charge is 0.262 e. The van der Waals surface area contributed by atoms with Crippen LogP contribution in [0, 0.1) is 11.8 Å². The van der Waals surface area contributed by atoms with Gasteiger partial charge in [0.25, 0.3) is 5.91 Å². The van der Waals surface area contributed by atoms with Crippen molar-refractivity contribution in [2.45, 2.75) is 56.3 Å². The van der Waals surface area contributed by atoms with E-state index in [1.54, 1.807) is 0 Å². The maximum absolute atomic E-state index is 12.0. The zero-order chi connectivity index (χ0) is 32.7. The topological polar surface area (TPSA) is 139 Å². The van der Waals surface area contributed by atoms with Crippen molar-refractivity contribution in [1.82, 2.24) is 5.32 Å². The number of halogens is 1. The molecule has 3 atom stereocenters. The van der Waals surface area contributed by atoms with Crippen molar-refractivity contribution in [2.24, 2.45) is 11.8 Å². The van der Waals surface area contributed by atoms with E-state index in [1.807, 2.05) is 18.2 Å². The molecule has 2 bridgehead atoms. The first-order valence-corrected chi connectivity index (χ1v) is 17.4. The van der Waals surface area contributed by atoms with Crippen molar-refractivity contribution in [1.29, 1.82) is 0 Å². The molecule has 0 spiro atoms. The summed E-state index contributed by atoms with van der Waals surface area (Å²) in [7, 11) is 0. The molecule has 4 heterocycles. The molecule has 5 aliphatic rings. The molecule has 11 nitrogen and oxygen atoms in total. The maximum Gasteiger partial charge on any atom is 0.262 e. The first-order valence-electron chi connectivity index (χ1n) is 17.4. The second-order valence-corrected chi connectivity index (χ2v) is 13.8. The van der Waals surface area contributed by atoms with E-state index < -0.39 is 11.7 Å². The molecular weight excluding hydrogens is 638 g/mol. The maximum atomic E-state index is 12.0. The summed E-state index contributed by atoms with van der Waals surface area (Å²) in [4.78, 5) is 11.6. The molecule has 1 aliphatic carbocycles. The molecule has 12 heteroatoms. The summed E-state index contributed by atoms with van der Waals surface area (Å²) in [5.41, 5.74) is 0.836. The molecule has 1 amide bonds. The van der Waals surface area contributed by atoms with E-state index in [4.69, 9.17) is 18.9 Å². The highest BCUT2D eigenvalue weighted by Crippen LogP contribution is 2.43. The Bertz CT molecular complexity index is 1320. The van der Waals surface area contributed by atoms with Crippen LogP contribution in [0.4, 0.5) is 5.69 Å². The van der Waals surface area contributed by atoms with Gasteiger partial charge in [-0.05, 0) is 30.4 Å². The summed E-state index contributed by atoms with van der Waals surface area (Å²) in [6.07, 6.45) is 6.07. The van der Waals surface area contributed by atoms with Crippen molar-refractivity contribution in [3.05, 3.63) is 53.6 Å². The average molecular weight is 690 g/mol. The normalized spacial score (nSPS) is 25.4. The number of hydrogen-bond donors (Lipinski definition) is 5. The monoisotopic (exact) mass is 689 g/mol.